The molecule has 3 fully saturated rings. The molecule has 606 valence electrons. The summed E-state index contributed by atoms with van der Waals surface area (Å²) in [4.78, 5) is 132. The normalized spacial score (nSPS) is 17.5. The van der Waals surface area contributed by atoms with Crippen molar-refractivity contribution < 1.29 is 120 Å². The molecule has 3 amide bonds. The number of hydrogen-bond acceptors (Lipinski definition) is 19. The molecule has 37 heteroatoms. The number of aromatic nitrogens is 4. The number of alkyl carbamates (subject to hydrolysis) is 1. The average Bonchev–Trinajstić information content (AvgIpc) is 1.76. The molecule has 3 aliphatic heterocycles. The number of fused-ring (bicyclic) bond motifs is 2. The molecule has 2 aromatic heterocycles. The lowest BCUT2D eigenvalue weighted by atomic mass is 9.75. The first kappa shape index (κ1) is 87.3. The summed E-state index contributed by atoms with van der Waals surface area (Å²) >= 11 is 0. The van der Waals surface area contributed by atoms with Crippen LogP contribution >= 0.6 is 7.82 Å². The Bertz CT molecular complexity index is 4280. The summed E-state index contributed by atoms with van der Waals surface area (Å²) < 4.78 is 192. The van der Waals surface area contributed by atoms with Crippen molar-refractivity contribution in [2.45, 2.75) is 181 Å². The number of anilines is 1. The van der Waals surface area contributed by atoms with E-state index in [-0.39, 0.29) is 33.4 Å². The summed E-state index contributed by atoms with van der Waals surface area (Å²) in [5, 5.41) is 18.6. The molecule has 0 aliphatic carbocycles. The zero-order valence-corrected chi connectivity index (χ0v) is 63.5. The number of ketones is 1. The topological polar surface area (TPSA) is 333 Å². The van der Waals surface area contributed by atoms with E-state index >= 15 is 44.7 Å². The summed E-state index contributed by atoms with van der Waals surface area (Å²) in [6.45, 7) is 6.40. The molecule has 6 N–H and O–H groups in total. The van der Waals surface area contributed by atoms with Crippen LogP contribution in [0.15, 0.2) is 73.2 Å². The van der Waals surface area contributed by atoms with Crippen LogP contribution in [0.4, 0.5) is 54.6 Å². The predicted molar refractivity (Wildman–Crippen MR) is 377 cm³/mol. The van der Waals surface area contributed by atoms with Gasteiger partial charge in [0.25, 0.3) is 0 Å². The van der Waals surface area contributed by atoms with E-state index in [9.17, 15) is 52.2 Å². The number of esters is 2. The highest BCUT2D eigenvalue weighted by Gasteiger charge is 2.57. The fraction of sp³-hybridized carbons (Fsp3) is 0.541. The van der Waals surface area contributed by atoms with E-state index in [4.69, 9.17) is 14.0 Å². The number of aryl methyl sites for hydroxylation is 1. The van der Waals surface area contributed by atoms with Crippen LogP contribution in [0.1, 0.15) is 139 Å². The molecule has 26 nitrogen and oxygen atoms in total. The van der Waals surface area contributed by atoms with Crippen LogP contribution in [0.2, 0.25) is 0 Å². The second kappa shape index (κ2) is 35.6. The predicted octanol–water partition coefficient (Wildman–Crippen LogP) is 10.4. The average molecular weight is 1600 g/mol. The number of alkyl halides is 8. The minimum absolute atomic E-state index is 0.112. The van der Waals surface area contributed by atoms with Crippen LogP contribution in [0, 0.1) is 59.0 Å². The lowest BCUT2D eigenvalue weighted by Crippen LogP contribution is -2.62. The van der Waals surface area contributed by atoms with Gasteiger partial charge in [0.1, 0.15) is 35.6 Å². The molecule has 3 saturated heterocycles. The molecule has 5 heterocycles. The van der Waals surface area contributed by atoms with Crippen LogP contribution in [0.25, 0.3) is 11.3 Å². The summed E-state index contributed by atoms with van der Waals surface area (Å²) in [6, 6.07) is 7.44. The van der Waals surface area contributed by atoms with Gasteiger partial charge in [0, 0.05) is 90.3 Å². The molecule has 0 radical (unpaired) electrons. The minimum Gasteiger partial charge on any atom is -0.480 e. The Morgan fingerprint density at radius 2 is 1.40 bits per heavy atom. The zero-order valence-electron chi connectivity index (χ0n) is 62.6. The van der Waals surface area contributed by atoms with Crippen molar-refractivity contribution >= 4 is 55.4 Å². The van der Waals surface area contributed by atoms with Gasteiger partial charge in [-0.05, 0) is 99.0 Å². The summed E-state index contributed by atoms with van der Waals surface area (Å²) in [5.74, 6) is -10.6. The van der Waals surface area contributed by atoms with Crippen molar-refractivity contribution in [3.8, 4) is 28.8 Å². The molecule has 5 aromatic rings. The molecular weight excluding hydrogens is 1510 g/mol. The van der Waals surface area contributed by atoms with E-state index in [1.165, 1.54) is 51.1 Å². The van der Waals surface area contributed by atoms with Crippen molar-refractivity contribution in [2.24, 2.45) is 28.6 Å². The van der Waals surface area contributed by atoms with E-state index in [0.29, 0.717) is 106 Å². The zero-order chi connectivity index (χ0) is 82.2. The second-order valence-electron chi connectivity index (χ2n) is 29.8. The Labute approximate surface area is 633 Å². The van der Waals surface area contributed by atoms with Gasteiger partial charge in [0.15, 0.2) is 5.78 Å². The van der Waals surface area contributed by atoms with Gasteiger partial charge in [-0.25, -0.2) is 42.6 Å². The maximum absolute atomic E-state index is 16.9. The van der Waals surface area contributed by atoms with E-state index in [1.54, 1.807) is 26.2 Å². The minimum atomic E-state index is -5.59. The van der Waals surface area contributed by atoms with Gasteiger partial charge in [0.05, 0.1) is 87.3 Å². The van der Waals surface area contributed by atoms with Crippen molar-refractivity contribution in [2.75, 3.05) is 52.0 Å². The number of benzene rings is 3. The van der Waals surface area contributed by atoms with Gasteiger partial charge in [-0.3, -0.25) is 44.1 Å². The number of Topliss-reactive ketones (excluding diaryl/α,β-unsaturated/α-hetero) is 1. The molecule has 8 atom stereocenters. The van der Waals surface area contributed by atoms with E-state index in [0.717, 1.165) is 45.4 Å². The number of piperazine rings is 1. The molecule has 0 spiro atoms. The molecular formula is C74H89F10N10O16P. The van der Waals surface area contributed by atoms with Gasteiger partial charge in [-0.15, -0.1) is 0 Å². The lowest BCUT2D eigenvalue weighted by molar-refractivity contribution is -0.231. The Morgan fingerprint density at radius 3 is 1.92 bits per heavy atom. The third kappa shape index (κ3) is 21.9. The number of nitrogens with one attached hydrogen (secondary N) is 3. The van der Waals surface area contributed by atoms with E-state index in [1.807, 2.05) is 5.32 Å². The summed E-state index contributed by atoms with van der Waals surface area (Å²) in [6.07, 6.45) is -13.2. The molecule has 3 aliphatic rings. The number of carboxylic acid groups (broad SMARTS) is 1. The van der Waals surface area contributed by atoms with E-state index in [2.05, 4.69) is 56.9 Å². The molecule has 2 unspecified atom stereocenters. The van der Waals surface area contributed by atoms with E-state index < -0.39 is 200 Å². The molecule has 2 bridgehead atoms. The van der Waals surface area contributed by atoms with Crippen LogP contribution in [0.5, 0.6) is 5.75 Å². The number of phosphoric ester groups is 1. The van der Waals surface area contributed by atoms with Crippen molar-refractivity contribution in [1.29, 1.82) is 0 Å². The first-order chi connectivity index (χ1) is 51.7. The quantitative estimate of drug-likeness (QED) is 0.00568. The largest absolute Gasteiger partial charge is 0.524 e. The highest BCUT2D eigenvalue weighted by atomic mass is 31.2. The number of rotatable bonds is 33. The first-order valence-corrected chi connectivity index (χ1v) is 36.9. The molecule has 111 heavy (non-hydrogen) atoms. The first-order valence-electron chi connectivity index (χ1n) is 35.3. The summed E-state index contributed by atoms with van der Waals surface area (Å²) in [5.41, 5.74) is -7.37. The van der Waals surface area contributed by atoms with Crippen molar-refractivity contribution in [3.05, 3.63) is 124 Å². The second-order valence-corrected chi connectivity index (χ2v) is 30.9. The van der Waals surface area contributed by atoms with Crippen LogP contribution in [-0.4, -0.2) is 182 Å². The number of phosphoric acid groups is 1. The van der Waals surface area contributed by atoms with Gasteiger partial charge in [-0.2, -0.15) is 40.2 Å². The standard InChI is InChI=1S/C74H89F10N10O16P/c1-12-41(3)63(66(100)101)87-59(96)29-47-23-40(2)24-57(110-111(103,104)105)62(47)70(4,5)31-61(98)109-58(37-92(90-65(99)52(30-60(97)106-10)71(6,7)73(79,80)81)36-51-53(75)26-45(27-54(51)76)55-21-22-93(89-55)67(77)78)46(28-56(95)64(88-69(102)107-11)72(8,9)74(82,83)84)25-43-16-13-42(14-17-43)15-18-44-32-85-68(86-33-44)91-34-48-19-20-49(35-91)94(48)50-38-108-39-50/h13-14,16-17,21-24,26-27,32-33,41,46,48-50,52,58,63-64,67H,12,19-20,25,28-31,34-39H2,1-11H3,(H,87,96)(H,88,102)(H,90,99)(H,100,101)(H2,103,104,105)/t41-,46+,48?,49?,52+,58-,63-,64+/m0/s1. The number of nitrogens with zero attached hydrogens (tertiary/aromatic N) is 7. The molecule has 3 aromatic carbocycles. The maximum atomic E-state index is 16.9. The monoisotopic (exact) mass is 1590 g/mol. The van der Waals surface area contributed by atoms with Crippen molar-refractivity contribution in [3.63, 3.8) is 0 Å². The highest BCUT2D eigenvalue weighted by Crippen LogP contribution is 2.48. The number of methoxy groups -OCH3 is 2. The number of carbonyl (C=O) groups is 7. The number of hydrogen-bond donors (Lipinski definition) is 6. The number of carboxylic acids is 1. The van der Waals surface area contributed by atoms with Crippen LogP contribution < -0.4 is 25.5 Å². The highest BCUT2D eigenvalue weighted by molar-refractivity contribution is 7.46. The number of hydrazine groups is 1. The van der Waals surface area contributed by atoms with Crippen molar-refractivity contribution in [1.82, 2.24) is 45.7 Å². The number of amides is 3. The third-order valence-electron chi connectivity index (χ3n) is 20.5. The fourth-order valence-corrected chi connectivity index (χ4v) is 14.3. The SMILES string of the molecule is CC[C@H](C)[C@H](NC(=O)Cc1cc(C)cc(OP(=O)(O)O)c1C(C)(C)CC(=O)O[C@@H](CN(Cc1c(F)cc(-c2ccn(C(F)F)n2)cc1F)NC(=O)[C@@H](CC(=O)OC)C(C)(C)C(F)(F)F)[C@@H](CC(=O)[C@@H](NC(=O)OC)C(C)(C)C(F)(F)F)Cc1ccc(C#Cc2cnc(N3CC4CCC(C3)N4C3COC3)nc2)cc1)C(=O)O. The smallest absolute Gasteiger partial charge is 0.480 e. The number of carbonyl (C=O) groups excluding carboxylic acids is 6. The third-order valence-corrected chi connectivity index (χ3v) is 21.0. The number of aliphatic carboxylic acids is 1. The summed E-state index contributed by atoms with van der Waals surface area (Å²) in [7, 11) is -4.02. The molecule has 8 rings (SSSR count). The Kier molecular flexibility index (Phi) is 28.0. The number of halogens is 10. The maximum Gasteiger partial charge on any atom is 0.524 e. The lowest BCUT2D eigenvalue weighted by Gasteiger charge is -2.47. The Hall–Kier alpha value is -9.27. The Morgan fingerprint density at radius 1 is 0.793 bits per heavy atom. The van der Waals surface area contributed by atoms with Gasteiger partial charge in [0.2, 0.25) is 17.8 Å². The number of ether oxygens (including phenoxy) is 4. The van der Waals surface area contributed by atoms with Gasteiger partial charge in [-0.1, -0.05) is 78.0 Å². The Balaban J connectivity index is 1.28. The molecule has 0 saturated carbocycles. The van der Waals surface area contributed by atoms with Gasteiger partial charge < -0.3 is 44.1 Å². The van der Waals surface area contributed by atoms with Crippen LogP contribution in [0.3, 0.4) is 0 Å². The fourth-order valence-electron chi connectivity index (χ4n) is 13.9. The van der Waals surface area contributed by atoms with Gasteiger partial charge >= 0.3 is 50.7 Å². The van der Waals surface area contributed by atoms with Crippen LogP contribution in [-0.2, 0) is 77.1 Å².